The van der Waals surface area contributed by atoms with Crippen molar-refractivity contribution in [3.8, 4) is 11.4 Å². The summed E-state index contributed by atoms with van der Waals surface area (Å²) < 4.78 is 12.7. The Morgan fingerprint density at radius 2 is 1.91 bits per heavy atom. The van der Waals surface area contributed by atoms with E-state index in [4.69, 9.17) is 20.8 Å². The van der Waals surface area contributed by atoms with E-state index in [-0.39, 0.29) is 5.63 Å². The van der Waals surface area contributed by atoms with Crippen LogP contribution in [0.3, 0.4) is 0 Å². The number of hydrogen-bond donors (Lipinski definition) is 0. The summed E-state index contributed by atoms with van der Waals surface area (Å²) in [7, 11) is 1.69. The van der Waals surface area contributed by atoms with Crippen molar-refractivity contribution in [1.82, 2.24) is 14.8 Å². The molecule has 0 fully saturated rings. The first-order chi connectivity index (χ1) is 15.5. The van der Waals surface area contributed by atoms with Crippen molar-refractivity contribution in [3.63, 3.8) is 0 Å². The Kier molecular flexibility index (Phi) is 6.98. The molecule has 2 aromatic carbocycles. The van der Waals surface area contributed by atoms with E-state index >= 15 is 0 Å². The minimum Gasteiger partial charge on any atom is -0.423 e. The van der Waals surface area contributed by atoms with E-state index in [2.05, 4.69) is 27.8 Å². The van der Waals surface area contributed by atoms with Crippen molar-refractivity contribution in [2.45, 2.75) is 37.7 Å². The molecule has 0 saturated heterocycles. The van der Waals surface area contributed by atoms with E-state index < -0.39 is 0 Å². The molecule has 6 nitrogen and oxygen atoms in total. The summed E-state index contributed by atoms with van der Waals surface area (Å²) in [6.45, 7) is 5.39. The van der Waals surface area contributed by atoms with Gasteiger partial charge in [0.05, 0.1) is 5.02 Å². The molecule has 8 heteroatoms. The maximum absolute atomic E-state index is 12.1. The maximum Gasteiger partial charge on any atom is 0.336 e. The van der Waals surface area contributed by atoms with Crippen molar-refractivity contribution in [2.24, 2.45) is 0 Å². The van der Waals surface area contributed by atoms with Gasteiger partial charge in [-0.2, -0.15) is 0 Å². The molecule has 0 bridgehead atoms. The summed E-state index contributed by atoms with van der Waals surface area (Å²) in [6.07, 6.45) is 0.815. The van der Waals surface area contributed by atoms with E-state index in [1.807, 2.05) is 37.3 Å². The van der Waals surface area contributed by atoms with Crippen molar-refractivity contribution in [1.29, 1.82) is 0 Å². The molecule has 0 N–H and O–H groups in total. The monoisotopic (exact) mass is 469 g/mol. The number of fused-ring (bicyclic) bond motifs is 1. The molecule has 0 atom stereocenters. The molecule has 0 spiro atoms. The number of hydrogen-bond acceptors (Lipinski definition) is 6. The van der Waals surface area contributed by atoms with Gasteiger partial charge >= 0.3 is 5.63 Å². The smallest absolute Gasteiger partial charge is 0.336 e. The Hall–Kier alpha value is -2.61. The number of ether oxygens (including phenoxy) is 1. The number of aryl methyl sites for hydroxylation is 2. The molecule has 2 heterocycles. The summed E-state index contributed by atoms with van der Waals surface area (Å²) in [5.74, 6) is 1.29. The quantitative estimate of drug-likeness (QED) is 0.188. The zero-order chi connectivity index (χ0) is 22.7. The van der Waals surface area contributed by atoms with Gasteiger partial charge in [0.25, 0.3) is 0 Å². The van der Waals surface area contributed by atoms with Gasteiger partial charge in [0, 0.05) is 43.0 Å². The van der Waals surface area contributed by atoms with Crippen LogP contribution in [0.5, 0.6) is 0 Å². The Morgan fingerprint density at radius 3 is 2.69 bits per heavy atom. The number of rotatable bonds is 8. The first-order valence-electron chi connectivity index (χ1n) is 10.3. The Bertz CT molecular complexity index is 1320. The summed E-state index contributed by atoms with van der Waals surface area (Å²) >= 11 is 7.96. The number of benzene rings is 2. The highest BCUT2D eigenvalue weighted by molar-refractivity contribution is 7.98. The third-order valence-electron chi connectivity index (χ3n) is 5.36. The van der Waals surface area contributed by atoms with Gasteiger partial charge in [0.2, 0.25) is 0 Å². The molecule has 4 rings (SSSR count). The minimum absolute atomic E-state index is 0.352. The molecule has 0 unspecified atom stereocenters. The topological polar surface area (TPSA) is 70.2 Å². The zero-order valence-corrected chi connectivity index (χ0v) is 19.8. The van der Waals surface area contributed by atoms with Gasteiger partial charge < -0.3 is 13.7 Å². The molecular formula is C24H24ClN3O3S. The van der Waals surface area contributed by atoms with E-state index in [1.165, 1.54) is 11.8 Å². The Labute approximate surface area is 195 Å². The van der Waals surface area contributed by atoms with E-state index in [1.54, 1.807) is 13.2 Å². The van der Waals surface area contributed by atoms with Crippen LogP contribution in [-0.4, -0.2) is 28.5 Å². The van der Waals surface area contributed by atoms with Gasteiger partial charge in [-0.1, -0.05) is 35.5 Å². The van der Waals surface area contributed by atoms with Crippen LogP contribution >= 0.6 is 23.4 Å². The average molecular weight is 470 g/mol. The number of aromatic nitrogens is 3. The van der Waals surface area contributed by atoms with Crippen LogP contribution in [0.2, 0.25) is 5.02 Å². The molecule has 2 aromatic heterocycles. The fourth-order valence-electron chi connectivity index (χ4n) is 3.55. The van der Waals surface area contributed by atoms with Gasteiger partial charge in [-0.05, 0) is 61.2 Å². The van der Waals surface area contributed by atoms with Crippen LogP contribution in [0.15, 0.2) is 56.8 Å². The highest BCUT2D eigenvalue weighted by atomic mass is 35.5. The van der Waals surface area contributed by atoms with Crippen LogP contribution in [0.1, 0.15) is 23.1 Å². The molecular weight excluding hydrogens is 446 g/mol. The van der Waals surface area contributed by atoms with Gasteiger partial charge in [-0.25, -0.2) is 4.79 Å². The van der Waals surface area contributed by atoms with E-state index in [0.717, 1.165) is 45.0 Å². The third kappa shape index (κ3) is 4.75. The van der Waals surface area contributed by atoms with Crippen LogP contribution in [0, 0.1) is 13.8 Å². The van der Waals surface area contributed by atoms with Gasteiger partial charge in [0.15, 0.2) is 11.0 Å². The fourth-order valence-corrected chi connectivity index (χ4v) is 4.73. The van der Waals surface area contributed by atoms with Gasteiger partial charge in [-0.15, -0.1) is 10.2 Å². The summed E-state index contributed by atoms with van der Waals surface area (Å²) in [6, 6.07) is 13.2. The lowest BCUT2D eigenvalue weighted by Gasteiger charge is -2.12. The second-order valence-electron chi connectivity index (χ2n) is 7.60. The predicted octanol–water partition coefficient (Wildman–Crippen LogP) is 5.65. The van der Waals surface area contributed by atoms with Crippen molar-refractivity contribution < 1.29 is 9.15 Å². The molecule has 166 valence electrons. The first-order valence-corrected chi connectivity index (χ1v) is 11.7. The van der Waals surface area contributed by atoms with E-state index in [0.29, 0.717) is 29.5 Å². The normalized spacial score (nSPS) is 11.4. The molecule has 0 radical (unpaired) electrons. The molecule has 0 amide bonds. The largest absolute Gasteiger partial charge is 0.423 e. The van der Waals surface area contributed by atoms with Crippen molar-refractivity contribution in [3.05, 3.63) is 74.6 Å². The molecule has 0 saturated carbocycles. The number of nitrogens with zero attached hydrogens (tertiary/aromatic N) is 3. The second kappa shape index (κ2) is 9.90. The highest BCUT2D eigenvalue weighted by Gasteiger charge is 2.17. The first kappa shape index (κ1) is 22.6. The number of methoxy groups -OCH3 is 1. The molecule has 0 aliphatic carbocycles. The summed E-state index contributed by atoms with van der Waals surface area (Å²) in [5.41, 5.74) is 4.25. The molecule has 32 heavy (non-hydrogen) atoms. The van der Waals surface area contributed by atoms with Gasteiger partial charge in [-0.3, -0.25) is 0 Å². The van der Waals surface area contributed by atoms with Crippen molar-refractivity contribution >= 4 is 34.3 Å². The standard InChI is InChI=1S/C24H24ClN3O3S/c1-15-11-19-17(13-22(29)31-21(19)12-16(15)2)14-32-24-27-26-23(28(24)9-6-10-30-3)18-7-4-5-8-20(18)25/h4-5,7-8,11-13H,6,9-10,14H2,1-3H3. The number of halogens is 1. The summed E-state index contributed by atoms with van der Waals surface area (Å²) in [5, 5.41) is 11.2. The lowest BCUT2D eigenvalue weighted by atomic mass is 10.0. The minimum atomic E-state index is -0.352. The van der Waals surface area contributed by atoms with Crippen molar-refractivity contribution in [2.75, 3.05) is 13.7 Å². The van der Waals surface area contributed by atoms with Crippen LogP contribution in [0.25, 0.3) is 22.4 Å². The zero-order valence-electron chi connectivity index (χ0n) is 18.2. The number of thioether (sulfide) groups is 1. The Morgan fingerprint density at radius 1 is 1.12 bits per heavy atom. The van der Waals surface area contributed by atoms with E-state index in [9.17, 15) is 4.79 Å². The summed E-state index contributed by atoms with van der Waals surface area (Å²) in [4.78, 5) is 12.1. The molecule has 0 aliphatic heterocycles. The fraction of sp³-hybridized carbons (Fsp3) is 0.292. The van der Waals surface area contributed by atoms with Crippen LogP contribution in [0.4, 0.5) is 0 Å². The lowest BCUT2D eigenvalue weighted by Crippen LogP contribution is -2.06. The molecule has 0 aliphatic rings. The van der Waals surface area contributed by atoms with Crippen LogP contribution in [-0.2, 0) is 17.0 Å². The molecule has 4 aromatic rings. The lowest BCUT2D eigenvalue weighted by molar-refractivity contribution is 0.189. The average Bonchev–Trinajstić information content (AvgIpc) is 3.16. The predicted molar refractivity (Wildman–Crippen MR) is 128 cm³/mol. The van der Waals surface area contributed by atoms with Crippen LogP contribution < -0.4 is 5.63 Å². The van der Waals surface area contributed by atoms with Gasteiger partial charge in [0.1, 0.15) is 5.58 Å². The maximum atomic E-state index is 12.1. The second-order valence-corrected chi connectivity index (χ2v) is 8.95. The third-order valence-corrected chi connectivity index (χ3v) is 6.71. The highest BCUT2D eigenvalue weighted by Crippen LogP contribution is 2.32. The Balaban J connectivity index is 1.68. The SMILES string of the molecule is COCCCn1c(SCc2cc(=O)oc3cc(C)c(C)cc23)nnc1-c1ccccc1Cl.